The second-order valence-electron chi connectivity index (χ2n) is 4.22. The minimum absolute atomic E-state index is 0.481. The van der Waals surface area contributed by atoms with Gasteiger partial charge < -0.3 is 14.6 Å². The Morgan fingerprint density at radius 3 is 2.94 bits per heavy atom. The molecule has 3 heterocycles. The number of thioether (sulfide) groups is 1. The van der Waals surface area contributed by atoms with Crippen LogP contribution in [0.2, 0.25) is 0 Å². The Morgan fingerprint density at radius 2 is 2.19 bits per heavy atom. The number of aromatic nitrogens is 2. The van der Waals surface area contributed by atoms with Crippen LogP contribution in [0.4, 0.5) is 6.01 Å². The van der Waals surface area contributed by atoms with Crippen molar-refractivity contribution in [2.45, 2.75) is 12.3 Å². The van der Waals surface area contributed by atoms with Crippen LogP contribution in [-0.4, -0.2) is 47.9 Å². The lowest BCUT2D eigenvalue weighted by Crippen LogP contribution is -2.43. The quantitative estimate of drug-likeness (QED) is 0.821. The topological polar surface area (TPSA) is 54.2 Å². The molecule has 0 saturated carbocycles. The zero-order chi connectivity index (χ0) is 10.8. The summed E-state index contributed by atoms with van der Waals surface area (Å²) in [7, 11) is 0. The van der Waals surface area contributed by atoms with Crippen molar-refractivity contribution < 1.29 is 4.42 Å². The van der Waals surface area contributed by atoms with E-state index in [-0.39, 0.29) is 0 Å². The molecule has 2 aliphatic rings. The van der Waals surface area contributed by atoms with E-state index in [0.717, 1.165) is 37.8 Å². The second kappa shape index (κ2) is 4.63. The van der Waals surface area contributed by atoms with Crippen LogP contribution in [0.25, 0.3) is 0 Å². The second-order valence-corrected chi connectivity index (χ2v) is 5.37. The van der Waals surface area contributed by atoms with Crippen molar-refractivity contribution in [2.24, 2.45) is 0 Å². The highest BCUT2D eigenvalue weighted by Crippen LogP contribution is 2.32. The molecule has 88 valence electrons. The van der Waals surface area contributed by atoms with Crippen molar-refractivity contribution >= 4 is 17.8 Å². The first-order valence-corrected chi connectivity index (χ1v) is 6.96. The molecule has 2 fully saturated rings. The van der Waals surface area contributed by atoms with E-state index in [2.05, 4.69) is 20.4 Å². The minimum Gasteiger partial charge on any atom is -0.408 e. The van der Waals surface area contributed by atoms with Crippen LogP contribution in [0.3, 0.4) is 0 Å². The van der Waals surface area contributed by atoms with Crippen molar-refractivity contribution in [1.29, 1.82) is 0 Å². The van der Waals surface area contributed by atoms with E-state index in [1.165, 1.54) is 12.2 Å². The molecule has 0 amide bonds. The van der Waals surface area contributed by atoms with Crippen molar-refractivity contribution in [3.63, 3.8) is 0 Å². The van der Waals surface area contributed by atoms with E-state index in [4.69, 9.17) is 4.42 Å². The maximum absolute atomic E-state index is 5.77. The molecule has 1 aromatic heterocycles. The maximum Gasteiger partial charge on any atom is 0.318 e. The Kier molecular flexibility index (Phi) is 3.01. The van der Waals surface area contributed by atoms with E-state index in [0.29, 0.717) is 11.9 Å². The van der Waals surface area contributed by atoms with E-state index >= 15 is 0 Å². The lowest BCUT2D eigenvalue weighted by molar-refractivity contribution is 0.443. The molecule has 2 aliphatic heterocycles. The number of hydrogen-bond acceptors (Lipinski definition) is 6. The molecule has 0 aliphatic carbocycles. The first kappa shape index (κ1) is 10.4. The molecule has 5 nitrogen and oxygen atoms in total. The Balaban J connectivity index is 1.71. The number of nitrogens with zero attached hydrogens (tertiary/aromatic N) is 3. The number of piperazine rings is 1. The Bertz CT molecular complexity index is 344. The summed E-state index contributed by atoms with van der Waals surface area (Å²) >= 11 is 1.97. The van der Waals surface area contributed by atoms with Gasteiger partial charge in [-0.2, -0.15) is 11.8 Å². The fourth-order valence-electron chi connectivity index (χ4n) is 2.10. The van der Waals surface area contributed by atoms with Gasteiger partial charge in [0, 0.05) is 37.8 Å². The summed E-state index contributed by atoms with van der Waals surface area (Å²) in [4.78, 5) is 2.16. The van der Waals surface area contributed by atoms with Crippen molar-refractivity contribution in [3.05, 3.63) is 5.89 Å². The molecule has 0 aromatic carbocycles. The number of hydrogen-bond donors (Lipinski definition) is 1. The van der Waals surface area contributed by atoms with Gasteiger partial charge in [-0.3, -0.25) is 0 Å². The fraction of sp³-hybridized carbons (Fsp3) is 0.800. The molecule has 1 atom stereocenters. The molecule has 0 spiro atoms. The molecule has 3 rings (SSSR count). The number of rotatable bonds is 2. The lowest BCUT2D eigenvalue weighted by atomic mass is 10.1. The highest BCUT2D eigenvalue weighted by Gasteiger charge is 2.25. The molecule has 1 unspecified atom stereocenters. The van der Waals surface area contributed by atoms with E-state index < -0.39 is 0 Å². The summed E-state index contributed by atoms with van der Waals surface area (Å²) < 4.78 is 5.77. The average molecular weight is 240 g/mol. The van der Waals surface area contributed by atoms with Crippen molar-refractivity contribution in [3.8, 4) is 0 Å². The van der Waals surface area contributed by atoms with E-state index in [9.17, 15) is 0 Å². The Morgan fingerprint density at radius 1 is 1.31 bits per heavy atom. The lowest BCUT2D eigenvalue weighted by Gasteiger charge is -2.25. The molecule has 1 aromatic rings. The maximum atomic E-state index is 5.77. The normalized spacial score (nSPS) is 26.2. The van der Waals surface area contributed by atoms with Gasteiger partial charge in [-0.1, -0.05) is 5.10 Å². The Hall–Kier alpha value is -0.750. The Labute approximate surface area is 99.0 Å². The van der Waals surface area contributed by atoms with Crippen LogP contribution < -0.4 is 10.2 Å². The molecule has 16 heavy (non-hydrogen) atoms. The number of anilines is 1. The molecule has 0 bridgehead atoms. The summed E-state index contributed by atoms with van der Waals surface area (Å²) in [6.45, 7) is 3.91. The molecule has 6 heteroatoms. The van der Waals surface area contributed by atoms with E-state index in [1.54, 1.807) is 0 Å². The standard InChI is InChI=1S/C10H16N4OS/c1-6-16-7-8(1)9-12-13-10(15-9)14-4-2-11-3-5-14/h8,11H,1-7H2. The van der Waals surface area contributed by atoms with Gasteiger partial charge in [0.05, 0.1) is 0 Å². The van der Waals surface area contributed by atoms with E-state index in [1.807, 2.05) is 11.8 Å². The summed E-state index contributed by atoms with van der Waals surface area (Å²) in [6.07, 6.45) is 1.17. The number of nitrogens with one attached hydrogen (secondary N) is 1. The molecule has 0 radical (unpaired) electrons. The van der Waals surface area contributed by atoms with Gasteiger partial charge in [0.15, 0.2) is 0 Å². The van der Waals surface area contributed by atoms with Gasteiger partial charge in [-0.05, 0) is 12.2 Å². The summed E-state index contributed by atoms with van der Waals surface area (Å²) in [5.41, 5.74) is 0. The van der Waals surface area contributed by atoms with Crippen molar-refractivity contribution in [1.82, 2.24) is 15.5 Å². The third kappa shape index (κ3) is 2.04. The predicted octanol–water partition coefficient (Wildman–Crippen LogP) is 0.700. The highest BCUT2D eigenvalue weighted by atomic mass is 32.2. The highest BCUT2D eigenvalue weighted by molar-refractivity contribution is 7.99. The van der Waals surface area contributed by atoms with Gasteiger partial charge in [0.2, 0.25) is 5.89 Å². The van der Waals surface area contributed by atoms with Crippen molar-refractivity contribution in [2.75, 3.05) is 42.6 Å². The van der Waals surface area contributed by atoms with Gasteiger partial charge in [-0.15, -0.1) is 5.10 Å². The molecular formula is C10H16N4OS. The summed E-state index contributed by atoms with van der Waals surface area (Å²) in [5, 5.41) is 11.6. The van der Waals surface area contributed by atoms with Crippen LogP contribution in [0.5, 0.6) is 0 Å². The first-order chi connectivity index (χ1) is 7.93. The molecule has 2 saturated heterocycles. The third-order valence-electron chi connectivity index (χ3n) is 3.10. The SMILES string of the molecule is C1CN(c2nnc(C3CCSC3)o2)CCN1. The van der Waals surface area contributed by atoms with Gasteiger partial charge >= 0.3 is 6.01 Å². The smallest absolute Gasteiger partial charge is 0.318 e. The molecule has 1 N–H and O–H groups in total. The largest absolute Gasteiger partial charge is 0.408 e. The fourth-order valence-corrected chi connectivity index (χ4v) is 3.32. The van der Waals surface area contributed by atoms with Crippen LogP contribution in [0.15, 0.2) is 4.42 Å². The van der Waals surface area contributed by atoms with Gasteiger partial charge in [-0.25, -0.2) is 0 Å². The van der Waals surface area contributed by atoms with Crippen LogP contribution in [0, 0.1) is 0 Å². The molecular weight excluding hydrogens is 224 g/mol. The van der Waals surface area contributed by atoms with Crippen LogP contribution >= 0.6 is 11.8 Å². The average Bonchev–Trinajstić information content (AvgIpc) is 3.01. The third-order valence-corrected chi connectivity index (χ3v) is 4.26. The summed E-state index contributed by atoms with van der Waals surface area (Å²) in [5.74, 6) is 3.66. The first-order valence-electron chi connectivity index (χ1n) is 5.80. The van der Waals surface area contributed by atoms with Crippen LogP contribution in [-0.2, 0) is 0 Å². The minimum atomic E-state index is 0.481. The zero-order valence-electron chi connectivity index (χ0n) is 9.19. The monoisotopic (exact) mass is 240 g/mol. The summed E-state index contributed by atoms with van der Waals surface area (Å²) in [6, 6.07) is 0.702. The van der Waals surface area contributed by atoms with Crippen LogP contribution in [0.1, 0.15) is 18.2 Å². The predicted molar refractivity (Wildman–Crippen MR) is 64.1 cm³/mol. The zero-order valence-corrected chi connectivity index (χ0v) is 10.0. The van der Waals surface area contributed by atoms with Gasteiger partial charge in [0.25, 0.3) is 0 Å². The van der Waals surface area contributed by atoms with Gasteiger partial charge in [0.1, 0.15) is 0 Å².